The van der Waals surface area contributed by atoms with E-state index in [4.69, 9.17) is 28.8 Å². The molecule has 0 spiro atoms. The Kier molecular flexibility index (Phi) is 13.0. The number of methoxy groups -OCH3 is 2. The number of aryl methyl sites for hydroxylation is 1. The summed E-state index contributed by atoms with van der Waals surface area (Å²) in [7, 11) is 2.91. The van der Waals surface area contributed by atoms with Gasteiger partial charge in [-0.15, -0.1) is 0 Å². The second-order valence-corrected chi connectivity index (χ2v) is 11.8. The molecule has 1 aliphatic heterocycles. The lowest BCUT2D eigenvalue weighted by atomic mass is 9.85. The summed E-state index contributed by atoms with van der Waals surface area (Å²) in [6, 6.07) is 8.51. The number of aliphatic carboxylic acids is 1. The van der Waals surface area contributed by atoms with Gasteiger partial charge in [-0.25, -0.2) is 14.4 Å². The highest BCUT2D eigenvalue weighted by Crippen LogP contribution is 2.37. The van der Waals surface area contributed by atoms with Crippen molar-refractivity contribution < 1.29 is 58.2 Å². The lowest BCUT2D eigenvalue weighted by Gasteiger charge is -2.39. The van der Waals surface area contributed by atoms with Crippen LogP contribution in [0.15, 0.2) is 49.1 Å². The van der Waals surface area contributed by atoms with Crippen molar-refractivity contribution in [3.8, 4) is 23.0 Å². The van der Waals surface area contributed by atoms with Crippen LogP contribution in [0.1, 0.15) is 56.8 Å². The van der Waals surface area contributed by atoms with Gasteiger partial charge in [0.15, 0.2) is 18.1 Å². The third-order valence-electron chi connectivity index (χ3n) is 7.90. The van der Waals surface area contributed by atoms with E-state index < -0.39 is 54.1 Å². The molecule has 1 amide bonds. The van der Waals surface area contributed by atoms with E-state index in [9.17, 15) is 29.4 Å². The minimum absolute atomic E-state index is 0.0503. The largest absolute Gasteiger partial charge is 0.508 e. The Morgan fingerprint density at radius 2 is 1.79 bits per heavy atom. The number of amides is 1. The lowest BCUT2D eigenvalue weighted by Crippen LogP contribution is -2.55. The molecule has 3 N–H and O–H groups in total. The van der Waals surface area contributed by atoms with Crippen LogP contribution in [0.25, 0.3) is 0 Å². The quantitative estimate of drug-likeness (QED) is 0.177. The number of aliphatic hydroxyl groups is 1. The predicted octanol–water partition coefficient (Wildman–Crippen LogP) is 3.59. The monoisotopic (exact) mass is 657 g/mol. The molecule has 13 heteroatoms. The number of carbonyl (C=O) groups is 4. The van der Waals surface area contributed by atoms with Crippen molar-refractivity contribution >= 4 is 23.8 Å². The summed E-state index contributed by atoms with van der Waals surface area (Å²) in [6.45, 7) is 5.87. The number of esters is 2. The zero-order valence-electron chi connectivity index (χ0n) is 27.1. The molecule has 0 bridgehead atoms. The molecular weight excluding hydrogens is 614 g/mol. The van der Waals surface area contributed by atoms with Gasteiger partial charge >= 0.3 is 17.9 Å². The number of aromatic hydroxyl groups is 1. The highest BCUT2D eigenvalue weighted by molar-refractivity contribution is 5.88. The molecule has 1 fully saturated rings. The van der Waals surface area contributed by atoms with Crippen LogP contribution < -0.4 is 14.2 Å². The second kappa shape index (κ2) is 16.7. The van der Waals surface area contributed by atoms with Gasteiger partial charge in [0, 0.05) is 24.1 Å². The maximum Gasteiger partial charge on any atom is 0.341 e. The molecule has 2 aromatic rings. The van der Waals surface area contributed by atoms with Crippen molar-refractivity contribution in [3.63, 3.8) is 0 Å². The normalized spacial score (nSPS) is 15.9. The molecule has 0 radical (unpaired) electrons. The van der Waals surface area contributed by atoms with E-state index in [1.807, 2.05) is 0 Å². The zero-order chi connectivity index (χ0) is 34.7. The fourth-order valence-corrected chi connectivity index (χ4v) is 5.19. The first kappa shape index (κ1) is 36.7. The van der Waals surface area contributed by atoms with E-state index in [-0.39, 0.29) is 37.5 Å². The van der Waals surface area contributed by atoms with Gasteiger partial charge in [-0.2, -0.15) is 0 Å². The van der Waals surface area contributed by atoms with Gasteiger partial charge in [-0.3, -0.25) is 4.79 Å². The van der Waals surface area contributed by atoms with Gasteiger partial charge < -0.3 is 43.9 Å². The number of carboxylic acid groups (broad SMARTS) is 1. The van der Waals surface area contributed by atoms with Crippen LogP contribution in [0, 0.1) is 5.41 Å². The number of nitrogens with zero attached hydrogens (tertiary/aromatic N) is 1. The van der Waals surface area contributed by atoms with E-state index in [2.05, 4.69) is 6.58 Å². The van der Waals surface area contributed by atoms with Gasteiger partial charge in [0.05, 0.1) is 20.8 Å². The number of carboxylic acids is 1. The SMILES string of the molecule is C=CC(=O)OCC(C)(C)C(O)C(=O)N1CCCC[C@H]1C(=O)O[C@H](CCc1cc(OC)c(OC)cc1O)c1cccc(OCC(=O)O)c1. The molecule has 2 aromatic carbocycles. The van der Waals surface area contributed by atoms with Gasteiger partial charge in [-0.05, 0) is 61.4 Å². The highest BCUT2D eigenvalue weighted by atomic mass is 16.5. The average molecular weight is 658 g/mol. The molecule has 1 saturated heterocycles. The van der Waals surface area contributed by atoms with Crippen LogP contribution in [0.5, 0.6) is 23.0 Å². The predicted molar refractivity (Wildman–Crippen MR) is 168 cm³/mol. The number of piperidine rings is 1. The number of phenolic OH excluding ortho intramolecular Hbond substituents is 1. The molecule has 0 aliphatic carbocycles. The minimum atomic E-state index is -1.58. The second-order valence-electron chi connectivity index (χ2n) is 11.8. The number of carbonyl (C=O) groups excluding carboxylic acids is 3. The third kappa shape index (κ3) is 9.85. The summed E-state index contributed by atoms with van der Waals surface area (Å²) in [5.41, 5.74) is -0.166. The first-order valence-electron chi connectivity index (χ1n) is 15.2. The fraction of sp³-hybridized carbons (Fsp3) is 0.471. The molecule has 3 rings (SSSR count). The summed E-state index contributed by atoms with van der Waals surface area (Å²) in [5.74, 6) is -2.30. The number of phenols is 1. The summed E-state index contributed by atoms with van der Waals surface area (Å²) in [5, 5.41) is 30.7. The van der Waals surface area contributed by atoms with Crippen molar-refractivity contribution in [2.75, 3.05) is 34.0 Å². The number of hydrogen-bond donors (Lipinski definition) is 3. The molecule has 0 aromatic heterocycles. The topological polar surface area (TPSA) is 178 Å². The van der Waals surface area contributed by atoms with Crippen LogP contribution in [0.3, 0.4) is 0 Å². The van der Waals surface area contributed by atoms with Crippen LogP contribution in [0.2, 0.25) is 0 Å². The number of benzene rings is 2. The first-order valence-corrected chi connectivity index (χ1v) is 15.2. The summed E-state index contributed by atoms with van der Waals surface area (Å²) < 4.78 is 27.1. The number of ether oxygens (including phenoxy) is 5. The minimum Gasteiger partial charge on any atom is -0.508 e. The molecule has 3 atom stereocenters. The van der Waals surface area contributed by atoms with E-state index in [0.717, 1.165) is 6.08 Å². The lowest BCUT2D eigenvalue weighted by molar-refractivity contribution is -0.168. The Hall–Kier alpha value is -4.78. The Morgan fingerprint density at radius 1 is 1.09 bits per heavy atom. The van der Waals surface area contributed by atoms with Gasteiger partial charge in [0.1, 0.15) is 29.7 Å². The number of aliphatic hydroxyl groups excluding tert-OH is 1. The van der Waals surface area contributed by atoms with Crippen molar-refractivity contribution in [1.82, 2.24) is 4.90 Å². The van der Waals surface area contributed by atoms with E-state index in [0.29, 0.717) is 41.9 Å². The van der Waals surface area contributed by atoms with Crippen molar-refractivity contribution in [3.05, 3.63) is 60.2 Å². The van der Waals surface area contributed by atoms with Gasteiger partial charge in [0.2, 0.25) is 0 Å². The Morgan fingerprint density at radius 3 is 2.45 bits per heavy atom. The maximum absolute atomic E-state index is 13.8. The highest BCUT2D eigenvalue weighted by Gasteiger charge is 2.42. The molecule has 47 heavy (non-hydrogen) atoms. The molecule has 1 aliphatic rings. The van der Waals surface area contributed by atoms with Crippen molar-refractivity contribution in [1.29, 1.82) is 0 Å². The van der Waals surface area contributed by atoms with Crippen LogP contribution in [0.4, 0.5) is 0 Å². The van der Waals surface area contributed by atoms with Crippen LogP contribution >= 0.6 is 0 Å². The standard InChI is InChI=1S/C34H43NO12/c1-6-30(39)46-20-34(2,3)31(40)32(41)35-15-8-7-12-24(35)33(42)47-26(22-10-9-11-23(16-22)45-19-29(37)38)14-13-21-17-27(43-4)28(44-5)18-25(21)36/h6,9-11,16-18,24,26,31,36,40H,1,7-8,12-15,19-20H2,2-5H3,(H,37,38)/t24-,26+,31?/m0/s1. The van der Waals surface area contributed by atoms with E-state index in [1.54, 1.807) is 44.2 Å². The van der Waals surface area contributed by atoms with Crippen LogP contribution in [-0.4, -0.2) is 90.2 Å². The summed E-state index contributed by atoms with van der Waals surface area (Å²) >= 11 is 0. The molecule has 256 valence electrons. The first-order chi connectivity index (χ1) is 22.3. The van der Waals surface area contributed by atoms with Crippen molar-refractivity contribution in [2.24, 2.45) is 5.41 Å². The van der Waals surface area contributed by atoms with E-state index in [1.165, 1.54) is 25.2 Å². The average Bonchev–Trinajstić information content (AvgIpc) is 3.07. The summed E-state index contributed by atoms with van der Waals surface area (Å²) in [4.78, 5) is 51.3. The molecule has 1 unspecified atom stereocenters. The third-order valence-corrected chi connectivity index (χ3v) is 7.90. The molecular formula is C34H43NO12. The summed E-state index contributed by atoms with van der Waals surface area (Å²) in [6.07, 6.45) is 0.464. The Bertz CT molecular complexity index is 1440. The fourth-order valence-electron chi connectivity index (χ4n) is 5.19. The Balaban J connectivity index is 1.87. The zero-order valence-corrected chi connectivity index (χ0v) is 27.1. The number of likely N-dealkylation sites (tertiary alicyclic amines) is 1. The maximum atomic E-state index is 13.8. The molecule has 0 saturated carbocycles. The van der Waals surface area contributed by atoms with Gasteiger partial charge in [0.25, 0.3) is 5.91 Å². The van der Waals surface area contributed by atoms with E-state index >= 15 is 0 Å². The number of rotatable bonds is 16. The van der Waals surface area contributed by atoms with Crippen molar-refractivity contribution in [2.45, 2.75) is 64.2 Å². The number of hydrogen-bond acceptors (Lipinski definition) is 11. The molecule has 13 nitrogen and oxygen atoms in total. The van der Waals surface area contributed by atoms with Gasteiger partial charge in [-0.1, -0.05) is 32.6 Å². The van der Waals surface area contributed by atoms with Crippen LogP contribution in [-0.2, 0) is 35.1 Å². The smallest absolute Gasteiger partial charge is 0.341 e. The molecule has 1 heterocycles. The Labute approximate surface area is 273 Å².